The largest absolute Gasteiger partial charge is 0.330 e. The SMILES string of the molecule is Cc1nn(C)c(C)c1C(C)N1CCCCC1CCN. The molecule has 0 aromatic carbocycles. The van der Waals surface area contributed by atoms with Gasteiger partial charge in [-0.3, -0.25) is 9.58 Å². The molecule has 1 aliphatic heterocycles. The van der Waals surface area contributed by atoms with Crippen LogP contribution in [0.15, 0.2) is 0 Å². The number of aryl methyl sites for hydroxylation is 2. The fraction of sp³-hybridized carbons (Fsp3) is 0.800. The second kappa shape index (κ2) is 6.06. The summed E-state index contributed by atoms with van der Waals surface area (Å²) in [6, 6.07) is 1.10. The van der Waals surface area contributed by atoms with Gasteiger partial charge in [0.15, 0.2) is 0 Å². The number of rotatable bonds is 4. The van der Waals surface area contributed by atoms with Crippen LogP contribution in [0, 0.1) is 13.8 Å². The summed E-state index contributed by atoms with van der Waals surface area (Å²) >= 11 is 0. The van der Waals surface area contributed by atoms with Crippen molar-refractivity contribution >= 4 is 0 Å². The minimum absolute atomic E-state index is 0.450. The molecule has 4 nitrogen and oxygen atoms in total. The molecule has 0 radical (unpaired) electrons. The minimum atomic E-state index is 0.450. The highest BCUT2D eigenvalue weighted by atomic mass is 15.3. The highest BCUT2D eigenvalue weighted by Crippen LogP contribution is 2.32. The standard InChI is InChI=1S/C15H28N4/c1-11-15(12(2)18(4)17-11)13(3)19-10-6-5-7-14(19)8-9-16/h13-14H,5-10,16H2,1-4H3. The van der Waals surface area contributed by atoms with Crippen molar-refractivity contribution in [2.45, 2.75) is 58.5 Å². The van der Waals surface area contributed by atoms with Gasteiger partial charge in [0, 0.05) is 30.4 Å². The first-order valence-electron chi connectivity index (χ1n) is 7.52. The zero-order valence-corrected chi connectivity index (χ0v) is 12.8. The van der Waals surface area contributed by atoms with E-state index in [1.54, 1.807) is 0 Å². The summed E-state index contributed by atoms with van der Waals surface area (Å²) in [5.74, 6) is 0. The van der Waals surface area contributed by atoms with Crippen LogP contribution in [-0.2, 0) is 7.05 Å². The maximum Gasteiger partial charge on any atom is 0.0644 e. The Balaban J connectivity index is 2.23. The normalized spacial score (nSPS) is 22.7. The lowest BCUT2D eigenvalue weighted by molar-refractivity contribution is 0.0977. The Morgan fingerprint density at radius 1 is 1.37 bits per heavy atom. The average Bonchev–Trinajstić information content (AvgIpc) is 2.64. The Labute approximate surface area is 117 Å². The van der Waals surface area contributed by atoms with Crippen LogP contribution in [0.3, 0.4) is 0 Å². The average molecular weight is 264 g/mol. The van der Waals surface area contributed by atoms with Crippen molar-refractivity contribution in [1.82, 2.24) is 14.7 Å². The first kappa shape index (κ1) is 14.5. The van der Waals surface area contributed by atoms with Crippen LogP contribution in [-0.4, -0.2) is 33.8 Å². The Hall–Kier alpha value is -0.870. The molecule has 0 amide bonds. The molecule has 2 unspecified atom stereocenters. The second-order valence-corrected chi connectivity index (χ2v) is 5.85. The monoisotopic (exact) mass is 264 g/mol. The number of nitrogens with two attached hydrogens (primary N) is 1. The van der Waals surface area contributed by atoms with Gasteiger partial charge in [-0.2, -0.15) is 5.10 Å². The number of likely N-dealkylation sites (tertiary alicyclic amines) is 1. The van der Waals surface area contributed by atoms with E-state index in [9.17, 15) is 0 Å². The van der Waals surface area contributed by atoms with E-state index in [0.29, 0.717) is 12.1 Å². The fourth-order valence-corrected chi connectivity index (χ4v) is 3.60. The summed E-state index contributed by atoms with van der Waals surface area (Å²) in [7, 11) is 2.03. The van der Waals surface area contributed by atoms with E-state index in [4.69, 9.17) is 5.73 Å². The molecule has 1 aromatic rings. The van der Waals surface area contributed by atoms with Crippen LogP contribution < -0.4 is 5.73 Å². The lowest BCUT2D eigenvalue weighted by atomic mass is 9.94. The van der Waals surface area contributed by atoms with Crippen LogP contribution >= 0.6 is 0 Å². The van der Waals surface area contributed by atoms with Crippen molar-refractivity contribution in [3.05, 3.63) is 17.0 Å². The lowest BCUT2D eigenvalue weighted by Crippen LogP contribution is -2.42. The molecule has 0 aliphatic carbocycles. The molecule has 0 spiro atoms. The van der Waals surface area contributed by atoms with E-state index < -0.39 is 0 Å². The van der Waals surface area contributed by atoms with Crippen molar-refractivity contribution in [2.75, 3.05) is 13.1 Å². The van der Waals surface area contributed by atoms with Crippen LogP contribution in [0.2, 0.25) is 0 Å². The van der Waals surface area contributed by atoms with Crippen LogP contribution in [0.25, 0.3) is 0 Å². The summed E-state index contributed by atoms with van der Waals surface area (Å²) in [5.41, 5.74) is 9.65. The molecule has 1 aliphatic rings. The van der Waals surface area contributed by atoms with E-state index in [1.807, 2.05) is 11.7 Å². The number of hydrogen-bond acceptors (Lipinski definition) is 3. The van der Waals surface area contributed by atoms with E-state index in [1.165, 1.54) is 42.8 Å². The predicted octanol–water partition coefficient (Wildman–Crippen LogP) is 2.30. The summed E-state index contributed by atoms with van der Waals surface area (Å²) in [6.07, 6.45) is 5.06. The third kappa shape index (κ3) is 2.84. The van der Waals surface area contributed by atoms with Gasteiger partial charge in [0.2, 0.25) is 0 Å². The van der Waals surface area contributed by atoms with E-state index in [-0.39, 0.29) is 0 Å². The van der Waals surface area contributed by atoms with Crippen molar-refractivity contribution < 1.29 is 0 Å². The maximum absolute atomic E-state index is 5.78. The zero-order chi connectivity index (χ0) is 14.0. The van der Waals surface area contributed by atoms with Crippen molar-refractivity contribution in [1.29, 1.82) is 0 Å². The van der Waals surface area contributed by atoms with Gasteiger partial charge in [-0.1, -0.05) is 6.42 Å². The quantitative estimate of drug-likeness (QED) is 0.907. The molecule has 1 aromatic heterocycles. The molecule has 108 valence electrons. The number of hydrogen-bond donors (Lipinski definition) is 1. The molecule has 4 heteroatoms. The Kier molecular flexibility index (Phi) is 4.63. The van der Waals surface area contributed by atoms with Crippen molar-refractivity contribution in [2.24, 2.45) is 12.8 Å². The first-order chi connectivity index (χ1) is 9.06. The van der Waals surface area contributed by atoms with Gasteiger partial charge >= 0.3 is 0 Å². The zero-order valence-electron chi connectivity index (χ0n) is 12.8. The second-order valence-electron chi connectivity index (χ2n) is 5.85. The highest BCUT2D eigenvalue weighted by Gasteiger charge is 2.29. The lowest BCUT2D eigenvalue weighted by Gasteiger charge is -2.40. The number of aromatic nitrogens is 2. The predicted molar refractivity (Wildman–Crippen MR) is 79.1 cm³/mol. The fourth-order valence-electron chi connectivity index (χ4n) is 3.60. The number of nitrogens with zero attached hydrogens (tertiary/aromatic N) is 3. The summed E-state index contributed by atoms with van der Waals surface area (Å²) in [6.45, 7) is 8.61. The molecule has 2 atom stereocenters. The van der Waals surface area contributed by atoms with E-state index in [2.05, 4.69) is 30.8 Å². The van der Waals surface area contributed by atoms with Gasteiger partial charge in [-0.05, 0) is 53.1 Å². The molecule has 2 N–H and O–H groups in total. The van der Waals surface area contributed by atoms with Crippen molar-refractivity contribution in [3.63, 3.8) is 0 Å². The highest BCUT2D eigenvalue weighted by molar-refractivity contribution is 5.28. The molecular weight excluding hydrogens is 236 g/mol. The Morgan fingerprint density at radius 3 is 2.68 bits per heavy atom. The molecule has 1 saturated heterocycles. The third-order valence-electron chi connectivity index (χ3n) is 4.65. The van der Waals surface area contributed by atoms with Crippen LogP contribution in [0.4, 0.5) is 0 Å². The Bertz CT molecular complexity index is 422. The molecule has 0 saturated carbocycles. The summed E-state index contributed by atoms with van der Waals surface area (Å²) < 4.78 is 2.00. The Morgan fingerprint density at radius 2 is 2.11 bits per heavy atom. The molecule has 19 heavy (non-hydrogen) atoms. The molecular formula is C15H28N4. The van der Waals surface area contributed by atoms with Crippen molar-refractivity contribution in [3.8, 4) is 0 Å². The molecule has 1 fully saturated rings. The maximum atomic E-state index is 5.78. The summed E-state index contributed by atoms with van der Waals surface area (Å²) in [5, 5.41) is 4.56. The van der Waals surface area contributed by atoms with E-state index >= 15 is 0 Å². The smallest absolute Gasteiger partial charge is 0.0644 e. The van der Waals surface area contributed by atoms with Gasteiger partial charge in [0.1, 0.15) is 0 Å². The molecule has 2 heterocycles. The van der Waals surface area contributed by atoms with Crippen LogP contribution in [0.1, 0.15) is 55.6 Å². The van der Waals surface area contributed by atoms with E-state index in [0.717, 1.165) is 13.0 Å². The first-order valence-corrected chi connectivity index (χ1v) is 7.52. The van der Waals surface area contributed by atoms with Gasteiger partial charge in [-0.25, -0.2) is 0 Å². The molecule has 0 bridgehead atoms. The third-order valence-corrected chi connectivity index (χ3v) is 4.65. The minimum Gasteiger partial charge on any atom is -0.330 e. The number of piperidine rings is 1. The van der Waals surface area contributed by atoms with Gasteiger partial charge in [0.25, 0.3) is 0 Å². The molecule has 2 rings (SSSR count). The van der Waals surface area contributed by atoms with Crippen LogP contribution in [0.5, 0.6) is 0 Å². The van der Waals surface area contributed by atoms with Gasteiger partial charge < -0.3 is 5.73 Å². The topological polar surface area (TPSA) is 47.1 Å². The van der Waals surface area contributed by atoms with Gasteiger partial charge in [0.05, 0.1) is 5.69 Å². The summed E-state index contributed by atoms with van der Waals surface area (Å²) in [4.78, 5) is 2.65. The van der Waals surface area contributed by atoms with Gasteiger partial charge in [-0.15, -0.1) is 0 Å².